The van der Waals surface area contributed by atoms with Crippen LogP contribution >= 0.6 is 0 Å². The zero-order chi connectivity index (χ0) is 7.98. The van der Waals surface area contributed by atoms with Crippen LogP contribution in [0.1, 0.15) is 6.92 Å². The second-order valence-corrected chi connectivity index (χ2v) is 1.67. The summed E-state index contributed by atoms with van der Waals surface area (Å²) in [7, 11) is 0. The Morgan fingerprint density at radius 3 is 2.90 bits per heavy atom. The summed E-state index contributed by atoms with van der Waals surface area (Å²) >= 11 is 0. The van der Waals surface area contributed by atoms with Crippen LogP contribution in [0.2, 0.25) is 0 Å². The van der Waals surface area contributed by atoms with E-state index in [9.17, 15) is 4.79 Å². The number of aliphatic hydroxyl groups excluding tert-OH is 1. The van der Waals surface area contributed by atoms with Crippen molar-refractivity contribution in [1.29, 1.82) is 0 Å². The molecule has 1 atom stereocenters. The number of hydrogen-bond donors (Lipinski definition) is 3. The van der Waals surface area contributed by atoms with Gasteiger partial charge in [-0.2, -0.15) is 0 Å². The van der Waals surface area contributed by atoms with Crippen LogP contribution in [0.5, 0.6) is 0 Å². The highest BCUT2D eigenvalue weighted by Gasteiger charge is 2.00. The number of nitrogens with two attached hydrogens (primary N) is 1. The van der Waals surface area contributed by atoms with Crippen LogP contribution in [0.15, 0.2) is 0 Å². The number of nitrogens with one attached hydrogen (secondary N) is 1. The minimum absolute atomic E-state index is 0.0127. The summed E-state index contributed by atoms with van der Waals surface area (Å²) in [6.45, 7) is 2.02. The Labute approximate surface area is 59.2 Å². The molecule has 0 radical (unpaired) electrons. The van der Waals surface area contributed by atoms with Crippen molar-refractivity contribution in [3.8, 4) is 0 Å². The van der Waals surface area contributed by atoms with E-state index < -0.39 is 12.3 Å². The first-order valence-corrected chi connectivity index (χ1v) is 3.01. The summed E-state index contributed by atoms with van der Waals surface area (Å²) in [6.07, 6.45) is -1.59. The van der Waals surface area contributed by atoms with Crippen LogP contribution in [0, 0.1) is 0 Å². The first-order valence-electron chi connectivity index (χ1n) is 3.01. The largest absolute Gasteiger partial charge is 0.450 e. The molecule has 4 N–H and O–H groups in total. The second-order valence-electron chi connectivity index (χ2n) is 1.67. The molecule has 0 saturated carbocycles. The fourth-order valence-corrected chi connectivity index (χ4v) is 0.370. The summed E-state index contributed by atoms with van der Waals surface area (Å²) < 4.78 is 4.48. The first kappa shape index (κ1) is 9.19. The zero-order valence-electron chi connectivity index (χ0n) is 5.83. The van der Waals surface area contributed by atoms with E-state index in [0.717, 1.165) is 0 Å². The maximum Gasteiger partial charge on any atom is 0.407 e. The van der Waals surface area contributed by atoms with Crippen molar-refractivity contribution < 1.29 is 14.6 Å². The van der Waals surface area contributed by atoms with Crippen LogP contribution in [0.25, 0.3) is 0 Å². The van der Waals surface area contributed by atoms with Gasteiger partial charge in [-0.05, 0) is 6.92 Å². The summed E-state index contributed by atoms with van der Waals surface area (Å²) in [4.78, 5) is 10.4. The molecule has 0 spiro atoms. The molecule has 1 unspecified atom stereocenters. The number of amides is 1. The monoisotopic (exact) mass is 148 g/mol. The molecule has 0 fully saturated rings. The summed E-state index contributed by atoms with van der Waals surface area (Å²) in [5.41, 5.74) is 4.92. The first-order chi connectivity index (χ1) is 4.66. The minimum atomic E-state index is -1.02. The lowest BCUT2D eigenvalue weighted by Crippen LogP contribution is -2.37. The van der Waals surface area contributed by atoms with Crippen molar-refractivity contribution in [3.63, 3.8) is 0 Å². The number of carbonyl (C=O) groups excluding carboxylic acids is 1. The van der Waals surface area contributed by atoms with Crippen molar-refractivity contribution in [3.05, 3.63) is 0 Å². The average molecular weight is 148 g/mol. The Morgan fingerprint density at radius 1 is 1.90 bits per heavy atom. The maximum absolute atomic E-state index is 10.4. The van der Waals surface area contributed by atoms with Gasteiger partial charge in [-0.25, -0.2) is 4.79 Å². The van der Waals surface area contributed by atoms with Gasteiger partial charge in [0.25, 0.3) is 0 Å². The van der Waals surface area contributed by atoms with E-state index in [1.807, 2.05) is 0 Å². The van der Waals surface area contributed by atoms with E-state index in [4.69, 9.17) is 10.8 Å². The highest BCUT2D eigenvalue weighted by atomic mass is 16.5. The van der Waals surface area contributed by atoms with Crippen LogP contribution < -0.4 is 11.1 Å². The molecule has 0 aromatic rings. The molecule has 0 aliphatic heterocycles. The summed E-state index contributed by atoms with van der Waals surface area (Å²) in [6, 6.07) is 0. The highest BCUT2D eigenvalue weighted by molar-refractivity contribution is 5.66. The van der Waals surface area contributed by atoms with E-state index in [1.54, 1.807) is 6.92 Å². The molecule has 0 aliphatic rings. The predicted molar refractivity (Wildman–Crippen MR) is 35.2 cm³/mol. The van der Waals surface area contributed by atoms with Crippen molar-refractivity contribution in [2.75, 3.05) is 13.2 Å². The third kappa shape index (κ3) is 5.33. The molecule has 0 aromatic carbocycles. The molecule has 0 aliphatic carbocycles. The summed E-state index contributed by atoms with van der Waals surface area (Å²) in [5.74, 6) is 0. The van der Waals surface area contributed by atoms with Crippen LogP contribution in [-0.2, 0) is 4.74 Å². The lowest BCUT2D eigenvalue weighted by Gasteiger charge is -2.05. The van der Waals surface area contributed by atoms with Gasteiger partial charge >= 0.3 is 6.09 Å². The number of ether oxygens (including phenoxy) is 1. The van der Waals surface area contributed by atoms with E-state index >= 15 is 0 Å². The van der Waals surface area contributed by atoms with Crippen LogP contribution in [0.4, 0.5) is 4.79 Å². The molecule has 5 nitrogen and oxygen atoms in total. The molecular formula is C5H12N2O3. The Bertz CT molecular complexity index is 105. The Hall–Kier alpha value is -0.810. The molecule has 5 heteroatoms. The molecule has 0 aromatic heterocycles. The number of carbonyl (C=O) groups is 1. The number of alkyl carbamates (subject to hydrolysis) is 1. The lowest BCUT2D eigenvalue weighted by atomic mass is 10.6. The van der Waals surface area contributed by atoms with E-state index in [2.05, 4.69) is 10.1 Å². The molecule has 1 amide bonds. The van der Waals surface area contributed by atoms with E-state index in [-0.39, 0.29) is 6.54 Å². The smallest absolute Gasteiger partial charge is 0.407 e. The van der Waals surface area contributed by atoms with Gasteiger partial charge in [-0.15, -0.1) is 0 Å². The SMILES string of the molecule is CCOC(=O)NCC(N)O. The van der Waals surface area contributed by atoms with Crippen molar-refractivity contribution in [2.24, 2.45) is 5.73 Å². The molecule has 0 saturated heterocycles. The highest BCUT2D eigenvalue weighted by Crippen LogP contribution is 1.75. The Balaban J connectivity index is 3.22. The van der Waals surface area contributed by atoms with Crippen LogP contribution in [-0.4, -0.2) is 30.6 Å². The third-order valence-electron chi connectivity index (χ3n) is 0.731. The molecular weight excluding hydrogens is 136 g/mol. The minimum Gasteiger partial charge on any atom is -0.450 e. The summed E-state index contributed by atoms with van der Waals surface area (Å²) in [5, 5.41) is 10.7. The van der Waals surface area contributed by atoms with Gasteiger partial charge in [0.2, 0.25) is 0 Å². The molecule has 0 heterocycles. The lowest BCUT2D eigenvalue weighted by molar-refractivity contribution is 0.136. The second kappa shape index (κ2) is 5.01. The van der Waals surface area contributed by atoms with Gasteiger partial charge in [-0.3, -0.25) is 0 Å². The molecule has 0 rings (SSSR count). The van der Waals surface area contributed by atoms with Crippen molar-refractivity contribution in [1.82, 2.24) is 5.32 Å². The normalized spacial score (nSPS) is 12.3. The third-order valence-corrected chi connectivity index (χ3v) is 0.731. The van der Waals surface area contributed by atoms with Crippen molar-refractivity contribution >= 4 is 6.09 Å². The Kier molecular flexibility index (Phi) is 4.61. The molecule has 60 valence electrons. The molecule has 0 bridgehead atoms. The quantitative estimate of drug-likeness (QED) is 0.448. The number of rotatable bonds is 3. The standard InChI is InChI=1S/C5H12N2O3/c1-2-10-5(9)7-3-4(6)8/h4,8H,2-3,6H2,1H3,(H,7,9). The van der Waals surface area contributed by atoms with Crippen molar-refractivity contribution in [2.45, 2.75) is 13.2 Å². The van der Waals surface area contributed by atoms with Gasteiger partial charge < -0.3 is 20.9 Å². The van der Waals surface area contributed by atoms with Gasteiger partial charge in [0.15, 0.2) is 0 Å². The number of hydrogen-bond acceptors (Lipinski definition) is 4. The number of aliphatic hydroxyl groups is 1. The predicted octanol–water partition coefficient (Wildman–Crippen LogP) is -0.990. The van der Waals surface area contributed by atoms with Gasteiger partial charge in [-0.1, -0.05) is 0 Å². The maximum atomic E-state index is 10.4. The zero-order valence-corrected chi connectivity index (χ0v) is 5.83. The van der Waals surface area contributed by atoms with Crippen LogP contribution in [0.3, 0.4) is 0 Å². The topological polar surface area (TPSA) is 84.6 Å². The van der Waals surface area contributed by atoms with E-state index in [0.29, 0.717) is 6.61 Å². The van der Waals surface area contributed by atoms with Gasteiger partial charge in [0.05, 0.1) is 13.2 Å². The Morgan fingerprint density at radius 2 is 2.50 bits per heavy atom. The fraction of sp³-hybridized carbons (Fsp3) is 0.800. The average Bonchev–Trinajstić information content (AvgIpc) is 1.85. The van der Waals surface area contributed by atoms with E-state index in [1.165, 1.54) is 0 Å². The molecule has 10 heavy (non-hydrogen) atoms. The van der Waals surface area contributed by atoms with Gasteiger partial charge in [0, 0.05) is 0 Å². The fourth-order valence-electron chi connectivity index (χ4n) is 0.370. The van der Waals surface area contributed by atoms with Gasteiger partial charge in [0.1, 0.15) is 6.23 Å².